The Morgan fingerprint density at radius 3 is 2.67 bits per heavy atom. The van der Waals surface area contributed by atoms with E-state index in [0.717, 1.165) is 39.3 Å². The van der Waals surface area contributed by atoms with Crippen LogP contribution in [0, 0.1) is 0 Å². The van der Waals surface area contributed by atoms with Crippen LogP contribution in [0.25, 0.3) is 0 Å². The third kappa shape index (κ3) is 4.15. The highest BCUT2D eigenvalue weighted by molar-refractivity contribution is 7.79. The lowest BCUT2D eigenvalue weighted by Gasteiger charge is -2.26. The molecule has 0 aromatic heterocycles. The number of hydrogen-bond acceptors (Lipinski definition) is 3. The smallest absolute Gasteiger partial charge is 0.152 e. The van der Waals surface area contributed by atoms with E-state index in [1.54, 1.807) is 0 Å². The first-order chi connectivity index (χ1) is 5.79. The minimum absolute atomic E-state index is 0.386. The highest BCUT2D eigenvalue weighted by atomic mass is 32.2. The lowest BCUT2D eigenvalue weighted by atomic mass is 10.4. The van der Waals surface area contributed by atoms with E-state index in [1.807, 2.05) is 0 Å². The molecule has 5 heteroatoms. The minimum Gasteiger partial charge on any atom is -0.379 e. The molecule has 0 aromatic carbocycles. The first-order valence-electron chi connectivity index (χ1n) is 4.16. The Kier molecular flexibility index (Phi) is 4.75. The molecule has 0 aliphatic carbocycles. The maximum Gasteiger partial charge on any atom is 0.152 e. The predicted molar refractivity (Wildman–Crippen MR) is 47.5 cm³/mol. The molecule has 0 amide bonds. The number of hydrogen-bond donors (Lipinski definition) is 1. The van der Waals surface area contributed by atoms with Crippen LogP contribution >= 0.6 is 0 Å². The monoisotopic (exact) mass is 193 g/mol. The maximum absolute atomic E-state index is 10.3. The Labute approximate surface area is 75.2 Å². The molecule has 1 N–H and O–H groups in total. The molecule has 1 aliphatic rings. The summed E-state index contributed by atoms with van der Waals surface area (Å²) in [6, 6.07) is 0. The number of morpholine rings is 1. The molecule has 1 rings (SSSR count). The fraction of sp³-hybridized carbons (Fsp3) is 1.00. The van der Waals surface area contributed by atoms with E-state index in [2.05, 4.69) is 4.90 Å². The third-order valence-electron chi connectivity index (χ3n) is 1.90. The van der Waals surface area contributed by atoms with E-state index in [-0.39, 0.29) is 0 Å². The Balaban J connectivity index is 2.01. The van der Waals surface area contributed by atoms with Crippen LogP contribution in [-0.4, -0.2) is 52.3 Å². The molecule has 0 aromatic rings. The van der Waals surface area contributed by atoms with Gasteiger partial charge in [0.15, 0.2) is 11.1 Å². The summed E-state index contributed by atoms with van der Waals surface area (Å²) in [4.78, 5) is 2.26. The Bertz CT molecular complexity index is 148. The SMILES string of the molecule is O=S(O)CCCN1CCOCC1. The Hall–Kier alpha value is 0.0300. The fourth-order valence-corrected chi connectivity index (χ4v) is 1.61. The summed E-state index contributed by atoms with van der Waals surface area (Å²) < 4.78 is 24.0. The largest absolute Gasteiger partial charge is 0.379 e. The van der Waals surface area contributed by atoms with Gasteiger partial charge in [0.25, 0.3) is 0 Å². The normalized spacial score (nSPS) is 22.4. The van der Waals surface area contributed by atoms with Gasteiger partial charge in [0.05, 0.1) is 19.0 Å². The van der Waals surface area contributed by atoms with E-state index >= 15 is 0 Å². The van der Waals surface area contributed by atoms with E-state index in [1.165, 1.54) is 0 Å². The summed E-state index contributed by atoms with van der Waals surface area (Å²) in [6.45, 7) is 4.41. The first-order valence-corrected chi connectivity index (χ1v) is 5.44. The average Bonchev–Trinajstić information content (AvgIpc) is 2.05. The molecule has 72 valence electrons. The van der Waals surface area contributed by atoms with E-state index in [4.69, 9.17) is 9.29 Å². The summed E-state index contributed by atoms with van der Waals surface area (Å²) in [5, 5.41) is 0. The fourth-order valence-electron chi connectivity index (χ4n) is 1.24. The second kappa shape index (κ2) is 5.64. The highest BCUT2D eigenvalue weighted by Gasteiger charge is 2.09. The average molecular weight is 193 g/mol. The van der Waals surface area contributed by atoms with Gasteiger partial charge in [0.2, 0.25) is 0 Å². The van der Waals surface area contributed by atoms with Crippen LogP contribution in [0.4, 0.5) is 0 Å². The molecule has 4 nitrogen and oxygen atoms in total. The summed E-state index contributed by atoms with van der Waals surface area (Å²) in [6.07, 6.45) is 0.795. The first kappa shape index (κ1) is 10.1. The van der Waals surface area contributed by atoms with Gasteiger partial charge >= 0.3 is 0 Å². The van der Waals surface area contributed by atoms with Crippen LogP contribution in [0.15, 0.2) is 0 Å². The maximum atomic E-state index is 10.3. The molecule has 1 heterocycles. The zero-order valence-corrected chi connectivity index (χ0v) is 7.89. The van der Waals surface area contributed by atoms with Gasteiger partial charge in [-0.2, -0.15) is 0 Å². The third-order valence-corrected chi connectivity index (χ3v) is 2.53. The van der Waals surface area contributed by atoms with Crippen molar-refractivity contribution in [3.05, 3.63) is 0 Å². The van der Waals surface area contributed by atoms with Crippen molar-refractivity contribution in [2.45, 2.75) is 6.42 Å². The summed E-state index contributed by atoms with van der Waals surface area (Å²) in [5.41, 5.74) is 0. The number of nitrogens with zero attached hydrogens (tertiary/aromatic N) is 1. The van der Waals surface area contributed by atoms with Gasteiger partial charge in [-0.05, 0) is 13.0 Å². The van der Waals surface area contributed by atoms with Crippen LogP contribution in [0.1, 0.15) is 6.42 Å². The van der Waals surface area contributed by atoms with Crippen LogP contribution in [0.2, 0.25) is 0 Å². The Morgan fingerprint density at radius 2 is 2.08 bits per heavy atom. The molecule has 1 fully saturated rings. The molecule has 1 aliphatic heterocycles. The number of ether oxygens (including phenoxy) is 1. The van der Waals surface area contributed by atoms with Gasteiger partial charge in [0, 0.05) is 13.1 Å². The summed E-state index contributed by atoms with van der Waals surface area (Å²) in [5.74, 6) is 0.386. The second-order valence-electron chi connectivity index (χ2n) is 2.83. The summed E-state index contributed by atoms with van der Waals surface area (Å²) in [7, 11) is 0. The molecular formula is C7H15NO3S. The minimum atomic E-state index is -1.63. The van der Waals surface area contributed by atoms with Crippen molar-refractivity contribution in [1.29, 1.82) is 0 Å². The van der Waals surface area contributed by atoms with Crippen LogP contribution < -0.4 is 0 Å². The van der Waals surface area contributed by atoms with Gasteiger partial charge in [-0.3, -0.25) is 4.90 Å². The molecule has 0 spiro atoms. The molecule has 0 radical (unpaired) electrons. The molecule has 1 atom stereocenters. The molecule has 0 bridgehead atoms. The van der Waals surface area contributed by atoms with Gasteiger partial charge in [0.1, 0.15) is 0 Å². The van der Waals surface area contributed by atoms with E-state index in [0.29, 0.717) is 5.75 Å². The van der Waals surface area contributed by atoms with Crippen molar-refractivity contribution < 1.29 is 13.5 Å². The molecule has 0 saturated carbocycles. The zero-order chi connectivity index (χ0) is 8.81. The number of rotatable bonds is 4. The van der Waals surface area contributed by atoms with Crippen molar-refractivity contribution in [3.8, 4) is 0 Å². The summed E-state index contributed by atoms with van der Waals surface area (Å²) >= 11 is -1.63. The standard InChI is InChI=1S/C7H15NO3S/c9-12(10)7-1-2-8-3-5-11-6-4-8/h1-7H2,(H,9,10). The molecule has 1 saturated heterocycles. The Morgan fingerprint density at radius 1 is 1.42 bits per heavy atom. The van der Waals surface area contributed by atoms with Gasteiger partial charge in [-0.25, -0.2) is 4.21 Å². The predicted octanol–water partition coefficient (Wildman–Crippen LogP) is -0.0696. The van der Waals surface area contributed by atoms with Gasteiger partial charge in [-0.1, -0.05) is 0 Å². The van der Waals surface area contributed by atoms with E-state index in [9.17, 15) is 4.21 Å². The van der Waals surface area contributed by atoms with Crippen LogP contribution in [0.3, 0.4) is 0 Å². The lowest BCUT2D eigenvalue weighted by Crippen LogP contribution is -2.37. The molecular weight excluding hydrogens is 178 g/mol. The van der Waals surface area contributed by atoms with Crippen molar-refractivity contribution >= 4 is 11.1 Å². The van der Waals surface area contributed by atoms with Crippen molar-refractivity contribution in [2.75, 3.05) is 38.6 Å². The highest BCUT2D eigenvalue weighted by Crippen LogP contribution is 1.98. The lowest BCUT2D eigenvalue weighted by molar-refractivity contribution is 0.0381. The van der Waals surface area contributed by atoms with Crippen molar-refractivity contribution in [2.24, 2.45) is 0 Å². The molecule has 1 unspecified atom stereocenters. The van der Waals surface area contributed by atoms with Gasteiger partial charge in [-0.15, -0.1) is 0 Å². The molecule has 12 heavy (non-hydrogen) atoms. The second-order valence-corrected chi connectivity index (χ2v) is 3.88. The van der Waals surface area contributed by atoms with Crippen LogP contribution in [0.5, 0.6) is 0 Å². The van der Waals surface area contributed by atoms with Crippen molar-refractivity contribution in [1.82, 2.24) is 4.90 Å². The zero-order valence-electron chi connectivity index (χ0n) is 7.07. The topological polar surface area (TPSA) is 49.8 Å². The quantitative estimate of drug-likeness (QED) is 0.635. The van der Waals surface area contributed by atoms with E-state index < -0.39 is 11.1 Å². The van der Waals surface area contributed by atoms with Crippen LogP contribution in [-0.2, 0) is 15.8 Å². The van der Waals surface area contributed by atoms with Gasteiger partial charge < -0.3 is 9.29 Å². The van der Waals surface area contributed by atoms with Crippen molar-refractivity contribution in [3.63, 3.8) is 0 Å².